The van der Waals surface area contributed by atoms with Crippen LogP contribution in [0.3, 0.4) is 0 Å². The highest BCUT2D eigenvalue weighted by atomic mass is 16.5. The van der Waals surface area contributed by atoms with Gasteiger partial charge in [0.25, 0.3) is 0 Å². The minimum atomic E-state index is 0.557. The van der Waals surface area contributed by atoms with Crippen LogP contribution in [0.4, 0.5) is 0 Å². The van der Waals surface area contributed by atoms with Crippen molar-refractivity contribution >= 4 is 0 Å². The fourth-order valence-electron chi connectivity index (χ4n) is 2.74. The lowest BCUT2D eigenvalue weighted by Crippen LogP contribution is -2.26. The number of rotatable bonds is 9. The summed E-state index contributed by atoms with van der Waals surface area (Å²) in [5.41, 5.74) is 0. The monoisotopic (exact) mass is 255 g/mol. The van der Waals surface area contributed by atoms with Gasteiger partial charge in [0.05, 0.1) is 6.10 Å². The Labute approximate surface area is 114 Å². The molecule has 0 saturated heterocycles. The van der Waals surface area contributed by atoms with Gasteiger partial charge in [0, 0.05) is 12.6 Å². The molecule has 1 rings (SSSR count). The van der Waals surface area contributed by atoms with E-state index in [9.17, 15) is 0 Å². The van der Waals surface area contributed by atoms with E-state index in [1.54, 1.807) is 0 Å². The Morgan fingerprint density at radius 3 is 2.50 bits per heavy atom. The van der Waals surface area contributed by atoms with E-state index in [4.69, 9.17) is 4.74 Å². The first-order chi connectivity index (χ1) is 8.70. The van der Waals surface area contributed by atoms with Gasteiger partial charge in [-0.2, -0.15) is 0 Å². The van der Waals surface area contributed by atoms with Crippen LogP contribution in [0.5, 0.6) is 0 Å². The highest BCUT2D eigenvalue weighted by Gasteiger charge is 2.21. The number of hydrogen-bond donors (Lipinski definition) is 1. The molecule has 1 N–H and O–H groups in total. The molecule has 0 amide bonds. The van der Waals surface area contributed by atoms with Crippen LogP contribution < -0.4 is 5.32 Å². The van der Waals surface area contributed by atoms with E-state index in [0.717, 1.165) is 19.1 Å². The Bertz CT molecular complexity index is 194. The van der Waals surface area contributed by atoms with Crippen molar-refractivity contribution in [2.24, 2.45) is 5.92 Å². The number of unbranched alkanes of at least 4 members (excludes halogenated alkanes) is 3. The molecule has 1 aliphatic carbocycles. The van der Waals surface area contributed by atoms with Crippen molar-refractivity contribution in [3.05, 3.63) is 0 Å². The third-order valence-corrected chi connectivity index (χ3v) is 3.99. The quantitative estimate of drug-likeness (QED) is 0.625. The molecule has 0 aromatic rings. The highest BCUT2D eigenvalue weighted by Crippen LogP contribution is 2.26. The fourth-order valence-corrected chi connectivity index (χ4v) is 2.74. The zero-order valence-electron chi connectivity index (χ0n) is 12.7. The molecule has 2 heteroatoms. The van der Waals surface area contributed by atoms with Gasteiger partial charge in [-0.3, -0.25) is 0 Å². The Hall–Kier alpha value is -0.0800. The first-order valence-electron chi connectivity index (χ1n) is 8.05. The van der Waals surface area contributed by atoms with Crippen molar-refractivity contribution in [1.29, 1.82) is 0 Å². The van der Waals surface area contributed by atoms with E-state index in [0.29, 0.717) is 12.1 Å². The number of ether oxygens (including phenoxy) is 1. The molecular weight excluding hydrogens is 222 g/mol. The summed E-state index contributed by atoms with van der Waals surface area (Å²) in [7, 11) is 0. The van der Waals surface area contributed by atoms with Crippen molar-refractivity contribution in [2.75, 3.05) is 13.2 Å². The molecule has 2 nitrogen and oxygen atoms in total. The van der Waals surface area contributed by atoms with Crippen LogP contribution in [0.15, 0.2) is 0 Å². The predicted octanol–water partition coefficient (Wildman–Crippen LogP) is 4.14. The summed E-state index contributed by atoms with van der Waals surface area (Å²) < 4.78 is 6.02. The Kier molecular flexibility index (Phi) is 8.70. The zero-order chi connectivity index (χ0) is 13.2. The lowest BCUT2D eigenvalue weighted by molar-refractivity contribution is -0.00655. The maximum Gasteiger partial charge on any atom is 0.0600 e. The standard InChI is InChI=1S/C16H33NO/c1-14(2)17-12-8-4-5-9-13-18-16-11-7-6-10-15(16)3/h14-17H,4-13H2,1-3H3. The van der Waals surface area contributed by atoms with E-state index in [-0.39, 0.29) is 0 Å². The summed E-state index contributed by atoms with van der Waals surface area (Å²) in [4.78, 5) is 0. The molecule has 0 radical (unpaired) electrons. The summed E-state index contributed by atoms with van der Waals surface area (Å²) in [5, 5.41) is 3.46. The third-order valence-electron chi connectivity index (χ3n) is 3.99. The van der Waals surface area contributed by atoms with E-state index < -0.39 is 0 Å². The van der Waals surface area contributed by atoms with Crippen LogP contribution in [-0.4, -0.2) is 25.3 Å². The lowest BCUT2D eigenvalue weighted by atomic mass is 9.88. The van der Waals surface area contributed by atoms with Crippen molar-refractivity contribution in [3.63, 3.8) is 0 Å². The van der Waals surface area contributed by atoms with Gasteiger partial charge >= 0.3 is 0 Å². The summed E-state index contributed by atoms with van der Waals surface area (Å²) in [6.07, 6.45) is 11.2. The predicted molar refractivity (Wildman–Crippen MR) is 79.0 cm³/mol. The second-order valence-corrected chi connectivity index (χ2v) is 6.19. The Morgan fingerprint density at radius 1 is 1.06 bits per heavy atom. The molecule has 2 atom stereocenters. The molecule has 0 heterocycles. The zero-order valence-corrected chi connectivity index (χ0v) is 12.7. The van der Waals surface area contributed by atoms with Crippen LogP contribution >= 0.6 is 0 Å². The molecule has 1 aliphatic rings. The molecule has 108 valence electrons. The van der Waals surface area contributed by atoms with Crippen molar-refractivity contribution in [2.45, 2.75) is 84.3 Å². The maximum atomic E-state index is 6.02. The van der Waals surface area contributed by atoms with Crippen LogP contribution in [0, 0.1) is 5.92 Å². The largest absolute Gasteiger partial charge is 0.378 e. The van der Waals surface area contributed by atoms with Gasteiger partial charge in [-0.15, -0.1) is 0 Å². The SMILES string of the molecule is CC(C)NCCCCCCOC1CCCCC1C. The van der Waals surface area contributed by atoms with Gasteiger partial charge in [0.2, 0.25) is 0 Å². The first kappa shape index (κ1) is 16.0. The van der Waals surface area contributed by atoms with E-state index in [1.807, 2.05) is 0 Å². The van der Waals surface area contributed by atoms with Crippen molar-refractivity contribution < 1.29 is 4.74 Å². The summed E-state index contributed by atoms with van der Waals surface area (Å²) in [6, 6.07) is 0.626. The summed E-state index contributed by atoms with van der Waals surface area (Å²) in [5.74, 6) is 0.786. The Balaban J connectivity index is 1.86. The van der Waals surface area contributed by atoms with E-state index >= 15 is 0 Å². The molecule has 0 bridgehead atoms. The average Bonchev–Trinajstić information content (AvgIpc) is 2.34. The van der Waals surface area contributed by atoms with Crippen molar-refractivity contribution in [3.8, 4) is 0 Å². The lowest BCUT2D eigenvalue weighted by Gasteiger charge is -2.28. The van der Waals surface area contributed by atoms with Crippen molar-refractivity contribution in [1.82, 2.24) is 5.32 Å². The molecule has 0 aromatic heterocycles. The van der Waals surface area contributed by atoms with Crippen LogP contribution in [0.25, 0.3) is 0 Å². The smallest absolute Gasteiger partial charge is 0.0600 e. The Morgan fingerprint density at radius 2 is 1.78 bits per heavy atom. The topological polar surface area (TPSA) is 21.3 Å². The molecule has 0 spiro atoms. The van der Waals surface area contributed by atoms with E-state index in [1.165, 1.54) is 51.4 Å². The van der Waals surface area contributed by atoms with Crippen LogP contribution in [0.2, 0.25) is 0 Å². The summed E-state index contributed by atoms with van der Waals surface area (Å²) in [6.45, 7) is 8.91. The fraction of sp³-hybridized carbons (Fsp3) is 1.00. The number of nitrogens with one attached hydrogen (secondary N) is 1. The second-order valence-electron chi connectivity index (χ2n) is 6.19. The second kappa shape index (κ2) is 9.80. The minimum absolute atomic E-state index is 0.557. The van der Waals surface area contributed by atoms with Gasteiger partial charge < -0.3 is 10.1 Å². The molecule has 0 aliphatic heterocycles. The molecule has 1 fully saturated rings. The molecule has 2 unspecified atom stereocenters. The van der Waals surface area contributed by atoms with Gasteiger partial charge in [-0.1, -0.05) is 46.5 Å². The third kappa shape index (κ3) is 7.38. The maximum absolute atomic E-state index is 6.02. The van der Waals surface area contributed by atoms with Gasteiger partial charge in [0.15, 0.2) is 0 Å². The number of hydrogen-bond acceptors (Lipinski definition) is 2. The first-order valence-corrected chi connectivity index (χ1v) is 8.05. The van der Waals surface area contributed by atoms with Gasteiger partial charge in [-0.05, 0) is 38.1 Å². The normalized spacial score (nSPS) is 24.7. The average molecular weight is 255 g/mol. The van der Waals surface area contributed by atoms with Crippen LogP contribution in [0.1, 0.15) is 72.1 Å². The molecular formula is C16H33NO. The molecule has 0 aromatic carbocycles. The van der Waals surface area contributed by atoms with Crippen LogP contribution in [-0.2, 0) is 4.74 Å². The van der Waals surface area contributed by atoms with Gasteiger partial charge in [-0.25, -0.2) is 0 Å². The van der Waals surface area contributed by atoms with E-state index in [2.05, 4.69) is 26.1 Å². The highest BCUT2D eigenvalue weighted by molar-refractivity contribution is 4.72. The minimum Gasteiger partial charge on any atom is -0.378 e. The molecule has 18 heavy (non-hydrogen) atoms. The molecule has 1 saturated carbocycles. The van der Waals surface area contributed by atoms with Gasteiger partial charge in [0.1, 0.15) is 0 Å². The summed E-state index contributed by atoms with van der Waals surface area (Å²) >= 11 is 0.